The van der Waals surface area contributed by atoms with Crippen LogP contribution in [0.1, 0.15) is 43.4 Å². The van der Waals surface area contributed by atoms with E-state index in [-0.39, 0.29) is 30.0 Å². The van der Waals surface area contributed by atoms with E-state index in [9.17, 15) is 28.0 Å². The molecule has 3 heterocycles. The number of fused-ring (bicyclic) bond motifs is 2. The molecule has 0 spiro atoms. The monoisotopic (exact) mass is 449 g/mol. The van der Waals surface area contributed by atoms with Gasteiger partial charge >= 0.3 is 6.18 Å². The van der Waals surface area contributed by atoms with Gasteiger partial charge in [-0.25, -0.2) is 0 Å². The second kappa shape index (κ2) is 8.37. The largest absolute Gasteiger partial charge is 0.416 e. The van der Waals surface area contributed by atoms with E-state index in [0.29, 0.717) is 25.9 Å². The summed E-state index contributed by atoms with van der Waals surface area (Å²) in [6.07, 6.45) is -2.60. The SMILES string of the molecule is C[C@H](c1ccccc1C(F)(F)F)N1C(=O)C2CC1CN2C[C@H](N)C(=O)N1CCCC1C#N. The van der Waals surface area contributed by atoms with Crippen molar-refractivity contribution in [3.63, 3.8) is 0 Å². The molecule has 1 aromatic carbocycles. The zero-order chi connectivity index (χ0) is 23.2. The quantitative estimate of drug-likeness (QED) is 0.741. The first-order valence-corrected chi connectivity index (χ1v) is 10.8. The van der Waals surface area contributed by atoms with Gasteiger partial charge in [-0.05, 0) is 37.8 Å². The molecule has 0 aliphatic carbocycles. The third-order valence-electron chi connectivity index (χ3n) is 6.88. The molecule has 7 nitrogen and oxygen atoms in total. The summed E-state index contributed by atoms with van der Waals surface area (Å²) in [6.45, 7) is 2.76. The van der Waals surface area contributed by atoms with Crippen LogP contribution in [0.25, 0.3) is 0 Å². The number of alkyl halides is 3. The van der Waals surface area contributed by atoms with Crippen molar-refractivity contribution in [2.24, 2.45) is 5.73 Å². The summed E-state index contributed by atoms with van der Waals surface area (Å²) in [5, 5.41) is 9.20. The first-order chi connectivity index (χ1) is 15.1. The molecule has 3 unspecified atom stereocenters. The highest BCUT2D eigenvalue weighted by Gasteiger charge is 2.52. The summed E-state index contributed by atoms with van der Waals surface area (Å²) in [4.78, 5) is 30.7. The molecule has 3 saturated heterocycles. The number of halogens is 3. The second-order valence-electron chi connectivity index (χ2n) is 8.79. The Bertz CT molecular complexity index is 946. The van der Waals surface area contributed by atoms with Gasteiger partial charge in [-0.1, -0.05) is 18.2 Å². The number of likely N-dealkylation sites (tertiary alicyclic amines) is 3. The highest BCUT2D eigenvalue weighted by atomic mass is 19.4. The van der Waals surface area contributed by atoms with Crippen LogP contribution in [-0.4, -0.2) is 70.3 Å². The number of benzene rings is 1. The zero-order valence-electron chi connectivity index (χ0n) is 17.8. The molecule has 3 fully saturated rings. The summed E-state index contributed by atoms with van der Waals surface area (Å²) in [5.41, 5.74) is 5.48. The maximum absolute atomic E-state index is 13.5. The first-order valence-electron chi connectivity index (χ1n) is 10.8. The molecule has 172 valence electrons. The van der Waals surface area contributed by atoms with Crippen LogP contribution in [-0.2, 0) is 15.8 Å². The molecule has 10 heteroatoms. The Morgan fingerprint density at radius 2 is 2.06 bits per heavy atom. The van der Waals surface area contributed by atoms with Gasteiger partial charge in [0.2, 0.25) is 11.8 Å². The fourth-order valence-electron chi connectivity index (χ4n) is 5.38. The van der Waals surface area contributed by atoms with Crippen molar-refractivity contribution in [2.45, 2.75) is 62.6 Å². The number of hydrogen-bond donors (Lipinski definition) is 1. The van der Waals surface area contributed by atoms with Gasteiger partial charge in [-0.15, -0.1) is 0 Å². The fraction of sp³-hybridized carbons (Fsp3) is 0.591. The fourth-order valence-corrected chi connectivity index (χ4v) is 5.38. The lowest BCUT2D eigenvalue weighted by Gasteiger charge is -2.39. The lowest BCUT2D eigenvalue weighted by Crippen LogP contribution is -2.56. The van der Waals surface area contributed by atoms with E-state index in [1.165, 1.54) is 17.0 Å². The Labute approximate surface area is 184 Å². The lowest BCUT2D eigenvalue weighted by molar-refractivity contribution is -0.143. The Kier molecular flexibility index (Phi) is 5.90. The Balaban J connectivity index is 1.44. The molecular formula is C22H26F3N5O2. The van der Waals surface area contributed by atoms with Crippen LogP contribution < -0.4 is 5.73 Å². The summed E-state index contributed by atoms with van der Waals surface area (Å²) < 4.78 is 40.4. The van der Waals surface area contributed by atoms with E-state index < -0.39 is 35.9 Å². The summed E-state index contributed by atoms with van der Waals surface area (Å²) in [7, 11) is 0. The Morgan fingerprint density at radius 3 is 2.72 bits per heavy atom. The maximum atomic E-state index is 13.5. The standard InChI is InChI=1S/C22H26F3N5O2/c1-13(16-6-2-3-7-17(16)22(23,24)25)30-15-9-19(21(30)32)28(11-15)12-18(27)20(31)29-8-4-5-14(29)10-26/h2-3,6-7,13-15,18-19H,4-5,8-9,11-12,27H2,1H3/t13-,14?,15?,18+,19?/m1/s1. The van der Waals surface area contributed by atoms with Crippen LogP contribution >= 0.6 is 0 Å². The summed E-state index contributed by atoms with van der Waals surface area (Å²) >= 11 is 0. The maximum Gasteiger partial charge on any atom is 0.416 e. The molecule has 0 radical (unpaired) electrons. The van der Waals surface area contributed by atoms with Crippen LogP contribution in [0.2, 0.25) is 0 Å². The van der Waals surface area contributed by atoms with Crippen molar-refractivity contribution in [3.8, 4) is 6.07 Å². The molecule has 2 N–H and O–H groups in total. The van der Waals surface area contributed by atoms with Gasteiger partial charge < -0.3 is 15.5 Å². The summed E-state index contributed by atoms with van der Waals surface area (Å²) in [5.74, 6) is -0.532. The molecule has 3 aliphatic rings. The minimum Gasteiger partial charge on any atom is -0.330 e. The molecule has 0 saturated carbocycles. The van der Waals surface area contributed by atoms with E-state index in [2.05, 4.69) is 6.07 Å². The highest BCUT2D eigenvalue weighted by molar-refractivity contribution is 5.87. The normalized spacial score (nSPS) is 27.6. The number of rotatable bonds is 5. The average Bonchev–Trinajstić information content (AvgIpc) is 3.46. The van der Waals surface area contributed by atoms with Crippen molar-refractivity contribution in [1.29, 1.82) is 5.26 Å². The van der Waals surface area contributed by atoms with Gasteiger partial charge in [0.15, 0.2) is 0 Å². The van der Waals surface area contributed by atoms with E-state index in [4.69, 9.17) is 5.73 Å². The van der Waals surface area contributed by atoms with Crippen molar-refractivity contribution < 1.29 is 22.8 Å². The number of amides is 2. The number of hydrogen-bond acceptors (Lipinski definition) is 5. The topological polar surface area (TPSA) is 93.7 Å². The molecule has 4 rings (SSSR count). The Morgan fingerprint density at radius 1 is 1.34 bits per heavy atom. The molecular weight excluding hydrogens is 423 g/mol. The molecule has 1 aromatic rings. The predicted molar refractivity (Wildman–Crippen MR) is 109 cm³/mol. The number of piperazine rings is 1. The van der Waals surface area contributed by atoms with Gasteiger partial charge in [0.1, 0.15) is 6.04 Å². The van der Waals surface area contributed by atoms with E-state index in [0.717, 1.165) is 12.5 Å². The number of nitriles is 1. The zero-order valence-corrected chi connectivity index (χ0v) is 17.8. The van der Waals surface area contributed by atoms with Crippen molar-refractivity contribution >= 4 is 11.8 Å². The van der Waals surface area contributed by atoms with Crippen molar-refractivity contribution in [1.82, 2.24) is 14.7 Å². The average molecular weight is 449 g/mol. The molecule has 2 amide bonds. The van der Waals surface area contributed by atoms with Crippen LogP contribution in [0.3, 0.4) is 0 Å². The molecule has 2 bridgehead atoms. The van der Waals surface area contributed by atoms with Crippen LogP contribution in [0, 0.1) is 11.3 Å². The third-order valence-corrected chi connectivity index (χ3v) is 6.88. The Hall–Kier alpha value is -2.64. The van der Waals surface area contributed by atoms with Crippen molar-refractivity contribution in [2.75, 3.05) is 19.6 Å². The number of nitrogens with zero attached hydrogens (tertiary/aromatic N) is 4. The molecule has 0 aromatic heterocycles. The first kappa shape index (κ1) is 22.6. The van der Waals surface area contributed by atoms with E-state index in [1.54, 1.807) is 17.9 Å². The third kappa shape index (κ3) is 3.84. The van der Waals surface area contributed by atoms with Crippen LogP contribution in [0.15, 0.2) is 24.3 Å². The van der Waals surface area contributed by atoms with Gasteiger partial charge in [0.25, 0.3) is 0 Å². The summed E-state index contributed by atoms with van der Waals surface area (Å²) in [6, 6.07) is 4.70. The van der Waals surface area contributed by atoms with Crippen molar-refractivity contribution in [3.05, 3.63) is 35.4 Å². The van der Waals surface area contributed by atoms with Gasteiger partial charge in [-0.3, -0.25) is 14.5 Å². The minimum atomic E-state index is -4.50. The number of carbonyl (C=O) groups is 2. The molecule has 5 atom stereocenters. The van der Waals surface area contributed by atoms with Crippen LogP contribution in [0.4, 0.5) is 13.2 Å². The lowest BCUT2D eigenvalue weighted by atomic mass is 9.99. The smallest absolute Gasteiger partial charge is 0.330 e. The minimum absolute atomic E-state index is 0.0795. The van der Waals surface area contributed by atoms with E-state index in [1.807, 2.05) is 4.90 Å². The molecule has 3 aliphatic heterocycles. The number of carbonyl (C=O) groups excluding carboxylic acids is 2. The predicted octanol–water partition coefficient (Wildman–Crippen LogP) is 1.89. The second-order valence-corrected chi connectivity index (χ2v) is 8.79. The number of nitrogens with two attached hydrogens (primary N) is 1. The highest BCUT2D eigenvalue weighted by Crippen LogP contribution is 2.41. The van der Waals surface area contributed by atoms with Gasteiger partial charge in [0.05, 0.1) is 29.8 Å². The van der Waals surface area contributed by atoms with E-state index >= 15 is 0 Å². The van der Waals surface area contributed by atoms with Crippen LogP contribution in [0.5, 0.6) is 0 Å². The van der Waals surface area contributed by atoms with Gasteiger partial charge in [-0.2, -0.15) is 18.4 Å². The molecule has 32 heavy (non-hydrogen) atoms. The van der Waals surface area contributed by atoms with Gasteiger partial charge in [0, 0.05) is 25.7 Å².